The summed E-state index contributed by atoms with van der Waals surface area (Å²) in [6.07, 6.45) is 2.31. The lowest BCUT2D eigenvalue weighted by Crippen LogP contribution is -2.46. The molecule has 6 rings (SSSR count). The summed E-state index contributed by atoms with van der Waals surface area (Å²) in [6, 6.07) is 21.8. The van der Waals surface area contributed by atoms with E-state index in [2.05, 4.69) is 6.07 Å². The summed E-state index contributed by atoms with van der Waals surface area (Å²) < 4.78 is 14.0. The molecule has 4 aromatic rings. The van der Waals surface area contributed by atoms with Crippen molar-refractivity contribution < 1.29 is 14.3 Å². The summed E-state index contributed by atoms with van der Waals surface area (Å²) in [5.41, 5.74) is 3.36. The lowest BCUT2D eigenvalue weighted by atomic mass is 9.85. The minimum Gasteiger partial charge on any atom is -0.458 e. The van der Waals surface area contributed by atoms with Gasteiger partial charge in [-0.3, -0.25) is 4.79 Å². The van der Waals surface area contributed by atoms with E-state index in [-0.39, 0.29) is 12.2 Å². The molecule has 1 unspecified atom stereocenters. The molecule has 2 aromatic heterocycles. The molecule has 182 valence electrons. The van der Waals surface area contributed by atoms with Crippen molar-refractivity contribution in [1.29, 1.82) is 0 Å². The largest absolute Gasteiger partial charge is 0.458 e. The third-order valence-corrected chi connectivity index (χ3v) is 8.79. The maximum atomic E-state index is 13.7. The number of carbonyl (C=O) groups is 1. The van der Waals surface area contributed by atoms with Crippen LogP contribution in [0, 0.1) is 0 Å². The van der Waals surface area contributed by atoms with Crippen LogP contribution in [0.25, 0.3) is 22.3 Å². The van der Waals surface area contributed by atoms with Crippen molar-refractivity contribution in [3.63, 3.8) is 0 Å². The number of benzene rings is 2. The molecular formula is C28H24N2O4S2. The third-order valence-electron chi connectivity index (χ3n) is 6.95. The van der Waals surface area contributed by atoms with Crippen molar-refractivity contribution in [3.8, 4) is 11.4 Å². The average Bonchev–Trinajstić information content (AvgIpc) is 3.27. The molecule has 0 fully saturated rings. The molecule has 0 bridgehead atoms. The summed E-state index contributed by atoms with van der Waals surface area (Å²) in [6.45, 7) is 2.28. The van der Waals surface area contributed by atoms with Crippen LogP contribution < -0.4 is 5.56 Å². The van der Waals surface area contributed by atoms with Crippen molar-refractivity contribution in [3.05, 3.63) is 99.3 Å². The van der Waals surface area contributed by atoms with Gasteiger partial charge in [0.15, 0.2) is 5.60 Å². The van der Waals surface area contributed by atoms with E-state index < -0.39 is 17.0 Å². The second kappa shape index (κ2) is 9.10. The summed E-state index contributed by atoms with van der Waals surface area (Å²) in [4.78, 5) is 32.1. The molecule has 0 spiro atoms. The Morgan fingerprint density at radius 2 is 1.89 bits per heavy atom. The second-order valence-corrected chi connectivity index (χ2v) is 11.4. The molecule has 2 aliphatic heterocycles. The number of aromatic nitrogens is 2. The fraction of sp³-hybridized carbons (Fsp3) is 0.250. The standard InChI is InChI=1S/C28H24N2O4S2/c1-3-28(34-26(36-35-2)17-9-5-4-6-10-17)21-14-23-24-19(13-18-11-7-8-12-22(18)29-24)15-30(23)25(31)20(21)16-33-27(28)32/h4-14,26H,3,15-16H2,1-2H3/t26?,28-/m0/s1. The molecule has 0 saturated heterocycles. The Bertz CT molecular complexity index is 1550. The van der Waals surface area contributed by atoms with E-state index in [0.29, 0.717) is 29.8 Å². The van der Waals surface area contributed by atoms with Crippen LogP contribution in [0.5, 0.6) is 0 Å². The third kappa shape index (κ3) is 3.58. The zero-order valence-corrected chi connectivity index (χ0v) is 21.5. The number of cyclic esters (lactones) is 1. The molecule has 0 radical (unpaired) electrons. The monoisotopic (exact) mass is 516 g/mol. The zero-order valence-electron chi connectivity index (χ0n) is 19.9. The summed E-state index contributed by atoms with van der Waals surface area (Å²) in [5.74, 6) is -0.464. The van der Waals surface area contributed by atoms with Crippen molar-refractivity contribution in [2.45, 2.75) is 37.5 Å². The Balaban J connectivity index is 1.53. The highest BCUT2D eigenvalue weighted by molar-refractivity contribution is 8.76. The minimum absolute atomic E-state index is 0.0597. The van der Waals surface area contributed by atoms with Crippen molar-refractivity contribution in [2.75, 3.05) is 6.26 Å². The molecule has 2 atom stereocenters. The number of esters is 1. The first-order chi connectivity index (χ1) is 17.6. The van der Waals surface area contributed by atoms with E-state index >= 15 is 0 Å². The molecule has 4 heterocycles. The quantitative estimate of drug-likeness (QED) is 0.160. The van der Waals surface area contributed by atoms with Gasteiger partial charge in [-0.15, -0.1) is 0 Å². The smallest absolute Gasteiger partial charge is 0.343 e. The first-order valence-electron chi connectivity index (χ1n) is 11.8. The number of para-hydroxylation sites is 1. The molecule has 2 aliphatic rings. The lowest BCUT2D eigenvalue weighted by molar-refractivity contribution is -0.183. The van der Waals surface area contributed by atoms with Crippen molar-refractivity contribution in [2.24, 2.45) is 0 Å². The van der Waals surface area contributed by atoms with Crippen LogP contribution in [-0.4, -0.2) is 21.8 Å². The number of hydrogen-bond donors (Lipinski definition) is 0. The second-order valence-electron chi connectivity index (χ2n) is 8.88. The van der Waals surface area contributed by atoms with Gasteiger partial charge in [-0.1, -0.05) is 77.0 Å². The van der Waals surface area contributed by atoms with E-state index in [0.717, 1.165) is 27.7 Å². The SMILES string of the molecule is CC[C@@]1(OC(SSC)c2ccccc2)C(=O)OCc2c1cc1n(c2=O)Cc2cc3ccccc3nc2-1. The number of carbonyl (C=O) groups excluding carboxylic acids is 1. The fourth-order valence-electron chi connectivity index (χ4n) is 5.13. The predicted octanol–water partition coefficient (Wildman–Crippen LogP) is 5.81. The number of ether oxygens (including phenoxy) is 2. The molecule has 0 aliphatic carbocycles. The summed E-state index contributed by atoms with van der Waals surface area (Å²) in [5, 5.41) is 1.03. The van der Waals surface area contributed by atoms with Gasteiger partial charge in [0.25, 0.3) is 5.56 Å². The normalized spacial score (nSPS) is 18.9. The van der Waals surface area contributed by atoms with Crippen LogP contribution in [0.15, 0.2) is 71.5 Å². The van der Waals surface area contributed by atoms with E-state index in [1.165, 1.54) is 10.8 Å². The van der Waals surface area contributed by atoms with Gasteiger partial charge < -0.3 is 14.0 Å². The molecule has 0 saturated carbocycles. The lowest BCUT2D eigenvalue weighted by Gasteiger charge is -2.38. The first kappa shape index (κ1) is 23.3. The highest BCUT2D eigenvalue weighted by Crippen LogP contribution is 2.47. The molecule has 6 nitrogen and oxygen atoms in total. The van der Waals surface area contributed by atoms with Gasteiger partial charge in [0.1, 0.15) is 12.0 Å². The van der Waals surface area contributed by atoms with Gasteiger partial charge >= 0.3 is 5.97 Å². The molecular weight excluding hydrogens is 492 g/mol. The fourth-order valence-corrected chi connectivity index (χ4v) is 6.75. The van der Waals surface area contributed by atoms with Crippen LogP contribution in [-0.2, 0) is 33.0 Å². The average molecular weight is 517 g/mol. The Morgan fingerprint density at radius 1 is 1.11 bits per heavy atom. The van der Waals surface area contributed by atoms with Crippen LogP contribution >= 0.6 is 21.6 Å². The maximum Gasteiger partial charge on any atom is 0.343 e. The Kier molecular flexibility index (Phi) is 5.90. The van der Waals surface area contributed by atoms with Gasteiger partial charge in [0.2, 0.25) is 0 Å². The van der Waals surface area contributed by atoms with Crippen LogP contribution in [0.4, 0.5) is 0 Å². The Labute approximate surface area is 216 Å². The van der Waals surface area contributed by atoms with Gasteiger partial charge in [-0.25, -0.2) is 9.78 Å². The van der Waals surface area contributed by atoms with Gasteiger partial charge in [0, 0.05) is 16.5 Å². The van der Waals surface area contributed by atoms with Gasteiger partial charge in [-0.2, -0.15) is 0 Å². The minimum atomic E-state index is -1.40. The summed E-state index contributed by atoms with van der Waals surface area (Å²) >= 11 is 0. The molecule has 2 aromatic carbocycles. The molecule has 8 heteroatoms. The molecule has 0 amide bonds. The van der Waals surface area contributed by atoms with Crippen LogP contribution in [0.2, 0.25) is 0 Å². The summed E-state index contributed by atoms with van der Waals surface area (Å²) in [7, 11) is 3.09. The van der Waals surface area contributed by atoms with Gasteiger partial charge in [-0.05, 0) is 36.4 Å². The zero-order chi connectivity index (χ0) is 24.9. The highest BCUT2D eigenvalue weighted by atomic mass is 33.1. The highest BCUT2D eigenvalue weighted by Gasteiger charge is 2.49. The van der Waals surface area contributed by atoms with E-state index in [1.807, 2.05) is 73.8 Å². The molecule has 36 heavy (non-hydrogen) atoms. The number of hydrogen-bond acceptors (Lipinski definition) is 7. The predicted molar refractivity (Wildman–Crippen MR) is 144 cm³/mol. The van der Waals surface area contributed by atoms with Crippen LogP contribution in [0.1, 0.15) is 41.0 Å². The van der Waals surface area contributed by atoms with E-state index in [1.54, 1.807) is 15.4 Å². The molecule has 0 N–H and O–H groups in total. The number of pyridine rings is 2. The van der Waals surface area contributed by atoms with Crippen molar-refractivity contribution >= 4 is 38.5 Å². The van der Waals surface area contributed by atoms with Crippen LogP contribution in [0.3, 0.4) is 0 Å². The number of nitrogens with zero attached hydrogens (tertiary/aromatic N) is 2. The maximum absolute atomic E-state index is 13.7. The van der Waals surface area contributed by atoms with Gasteiger partial charge in [0.05, 0.1) is 29.0 Å². The first-order valence-corrected chi connectivity index (χ1v) is 14.4. The number of fused-ring (bicyclic) bond motifs is 5. The van der Waals surface area contributed by atoms with E-state index in [9.17, 15) is 9.59 Å². The Morgan fingerprint density at radius 3 is 2.67 bits per heavy atom. The number of rotatable bonds is 6. The topological polar surface area (TPSA) is 70.4 Å². The van der Waals surface area contributed by atoms with Crippen molar-refractivity contribution in [1.82, 2.24) is 9.55 Å². The van der Waals surface area contributed by atoms with E-state index in [4.69, 9.17) is 14.5 Å². The Hall–Kier alpha value is -3.07.